The van der Waals surface area contributed by atoms with Crippen molar-refractivity contribution in [2.24, 2.45) is 5.84 Å². The summed E-state index contributed by atoms with van der Waals surface area (Å²) in [7, 11) is 4.05. The molecule has 0 radical (unpaired) electrons. The first-order chi connectivity index (χ1) is 9.01. The van der Waals surface area contributed by atoms with Crippen molar-refractivity contribution in [1.82, 2.24) is 14.8 Å². The van der Waals surface area contributed by atoms with E-state index in [9.17, 15) is 4.79 Å². The number of nitrogens with one attached hydrogen (secondary N) is 1. The van der Waals surface area contributed by atoms with E-state index in [2.05, 4.69) is 15.3 Å². The van der Waals surface area contributed by atoms with Gasteiger partial charge in [-0.2, -0.15) is 0 Å². The number of hydrogen-bond donors (Lipinski definition) is 2. The number of anilines is 1. The van der Waals surface area contributed by atoms with Crippen LogP contribution < -0.4 is 11.3 Å². The van der Waals surface area contributed by atoms with E-state index in [1.165, 1.54) is 0 Å². The van der Waals surface area contributed by atoms with Gasteiger partial charge in [-0.15, -0.1) is 0 Å². The molecule has 1 saturated heterocycles. The van der Waals surface area contributed by atoms with Gasteiger partial charge in [0.2, 0.25) is 0 Å². The first kappa shape index (κ1) is 14.0. The van der Waals surface area contributed by atoms with E-state index in [1.807, 2.05) is 19.0 Å². The molecule has 1 amide bonds. The van der Waals surface area contributed by atoms with Gasteiger partial charge in [0.1, 0.15) is 11.0 Å². The van der Waals surface area contributed by atoms with Gasteiger partial charge >= 0.3 is 0 Å². The van der Waals surface area contributed by atoms with Crippen molar-refractivity contribution < 1.29 is 4.79 Å². The van der Waals surface area contributed by atoms with Gasteiger partial charge in [-0.05, 0) is 32.6 Å². The Morgan fingerprint density at radius 1 is 1.58 bits per heavy atom. The van der Waals surface area contributed by atoms with Crippen LogP contribution in [0.5, 0.6) is 0 Å². The lowest BCUT2D eigenvalue weighted by Gasteiger charge is -2.20. The third-order valence-electron chi connectivity index (χ3n) is 3.37. The third kappa shape index (κ3) is 3.15. The molecule has 3 N–H and O–H groups in total. The Morgan fingerprint density at radius 2 is 2.32 bits per heavy atom. The van der Waals surface area contributed by atoms with E-state index in [0.29, 0.717) is 17.4 Å². The number of nitrogens with zero attached hydrogens (tertiary/aromatic N) is 3. The summed E-state index contributed by atoms with van der Waals surface area (Å²) >= 11 is 5.87. The number of aromatic nitrogens is 1. The standard InChI is InChI=1S/C12H18ClN5O/c1-17(2)9-3-4-18(7-9)12(19)8-5-10(13)15-11(6-8)16-14/h5-6,9H,3-4,7,14H2,1-2H3,(H,15,16). The molecule has 1 aliphatic heterocycles. The lowest BCUT2D eigenvalue weighted by atomic mass is 10.2. The van der Waals surface area contributed by atoms with Crippen LogP contribution in [0.15, 0.2) is 12.1 Å². The molecule has 1 fully saturated rings. The van der Waals surface area contributed by atoms with Gasteiger partial charge in [-0.3, -0.25) is 4.79 Å². The Labute approximate surface area is 117 Å². The summed E-state index contributed by atoms with van der Waals surface area (Å²) in [5.74, 6) is 5.65. The van der Waals surface area contributed by atoms with Gasteiger partial charge in [0, 0.05) is 24.7 Å². The van der Waals surface area contributed by atoms with Crippen LogP contribution in [0.3, 0.4) is 0 Å². The highest BCUT2D eigenvalue weighted by Gasteiger charge is 2.28. The molecule has 1 aromatic heterocycles. The van der Waals surface area contributed by atoms with Crippen LogP contribution in [0.1, 0.15) is 16.8 Å². The smallest absolute Gasteiger partial charge is 0.254 e. The van der Waals surface area contributed by atoms with Crippen molar-refractivity contribution >= 4 is 23.3 Å². The molecule has 7 heteroatoms. The highest BCUT2D eigenvalue weighted by Crippen LogP contribution is 2.19. The lowest BCUT2D eigenvalue weighted by Crippen LogP contribution is -2.34. The highest BCUT2D eigenvalue weighted by atomic mass is 35.5. The summed E-state index contributed by atoms with van der Waals surface area (Å²) in [4.78, 5) is 20.3. The summed E-state index contributed by atoms with van der Waals surface area (Å²) < 4.78 is 0. The molecular weight excluding hydrogens is 266 g/mol. The first-order valence-electron chi connectivity index (χ1n) is 6.11. The van der Waals surface area contributed by atoms with E-state index in [4.69, 9.17) is 17.4 Å². The normalized spacial score (nSPS) is 19.0. The van der Waals surface area contributed by atoms with Crippen LogP contribution in [0.4, 0.5) is 5.82 Å². The lowest BCUT2D eigenvalue weighted by molar-refractivity contribution is 0.0783. The quantitative estimate of drug-likeness (QED) is 0.488. The number of halogens is 1. The molecule has 1 aliphatic rings. The minimum Gasteiger partial charge on any atom is -0.337 e. The van der Waals surface area contributed by atoms with Crippen molar-refractivity contribution in [3.63, 3.8) is 0 Å². The first-order valence-corrected chi connectivity index (χ1v) is 6.49. The second kappa shape index (κ2) is 5.73. The molecule has 1 atom stereocenters. The molecule has 1 unspecified atom stereocenters. The van der Waals surface area contributed by atoms with E-state index in [0.717, 1.165) is 19.5 Å². The number of carbonyl (C=O) groups excluding carboxylic acids is 1. The summed E-state index contributed by atoms with van der Waals surface area (Å²) in [6.45, 7) is 1.49. The maximum atomic E-state index is 12.4. The van der Waals surface area contributed by atoms with E-state index >= 15 is 0 Å². The number of hydrazine groups is 1. The number of likely N-dealkylation sites (N-methyl/N-ethyl adjacent to an activating group) is 1. The van der Waals surface area contributed by atoms with E-state index < -0.39 is 0 Å². The van der Waals surface area contributed by atoms with Crippen LogP contribution >= 0.6 is 11.6 Å². The second-order valence-electron chi connectivity index (χ2n) is 4.87. The van der Waals surface area contributed by atoms with Gasteiger partial charge in [-0.25, -0.2) is 10.8 Å². The number of nitrogens with two attached hydrogens (primary N) is 1. The molecule has 2 heterocycles. The molecule has 6 nitrogen and oxygen atoms in total. The van der Waals surface area contributed by atoms with E-state index in [1.54, 1.807) is 12.1 Å². The summed E-state index contributed by atoms with van der Waals surface area (Å²) in [5, 5.41) is 0.252. The molecule has 2 rings (SSSR count). The van der Waals surface area contributed by atoms with Crippen LogP contribution in [-0.4, -0.2) is 53.9 Å². The van der Waals surface area contributed by atoms with Crippen LogP contribution in [0.25, 0.3) is 0 Å². The fourth-order valence-electron chi connectivity index (χ4n) is 2.22. The number of amides is 1. The zero-order chi connectivity index (χ0) is 14.0. The van der Waals surface area contributed by atoms with Crippen molar-refractivity contribution in [3.05, 3.63) is 22.8 Å². The summed E-state index contributed by atoms with van der Waals surface area (Å²) in [6.07, 6.45) is 0.986. The Hall–Kier alpha value is -1.37. The maximum Gasteiger partial charge on any atom is 0.254 e. The molecule has 0 bridgehead atoms. The van der Waals surface area contributed by atoms with Crippen molar-refractivity contribution in [2.45, 2.75) is 12.5 Å². The van der Waals surface area contributed by atoms with Gasteiger partial charge in [0.15, 0.2) is 0 Å². The Balaban J connectivity index is 2.14. The molecule has 0 aromatic carbocycles. The van der Waals surface area contributed by atoms with Gasteiger partial charge in [-0.1, -0.05) is 11.6 Å². The van der Waals surface area contributed by atoms with Crippen LogP contribution in [-0.2, 0) is 0 Å². The monoisotopic (exact) mass is 283 g/mol. The Kier molecular flexibility index (Phi) is 4.24. The van der Waals surface area contributed by atoms with Gasteiger partial charge in [0.05, 0.1) is 0 Å². The van der Waals surface area contributed by atoms with Crippen LogP contribution in [0, 0.1) is 0 Å². The third-order valence-corrected chi connectivity index (χ3v) is 3.56. The number of nitrogen functional groups attached to an aromatic ring is 1. The fraction of sp³-hybridized carbons (Fsp3) is 0.500. The number of rotatable bonds is 3. The SMILES string of the molecule is CN(C)C1CCN(C(=O)c2cc(Cl)nc(NN)c2)C1. The molecule has 0 aliphatic carbocycles. The number of carbonyl (C=O) groups is 1. The molecule has 19 heavy (non-hydrogen) atoms. The minimum atomic E-state index is -0.0369. The topological polar surface area (TPSA) is 74.5 Å². The van der Waals surface area contributed by atoms with Crippen molar-refractivity contribution in [1.29, 1.82) is 0 Å². The minimum absolute atomic E-state index is 0.0369. The largest absolute Gasteiger partial charge is 0.337 e. The molecule has 0 spiro atoms. The van der Waals surface area contributed by atoms with Crippen molar-refractivity contribution in [2.75, 3.05) is 32.6 Å². The van der Waals surface area contributed by atoms with Gasteiger partial charge < -0.3 is 15.2 Å². The predicted octanol–water partition coefficient (Wildman–Crippen LogP) is 0.797. The predicted molar refractivity (Wildman–Crippen MR) is 75.1 cm³/mol. The summed E-state index contributed by atoms with van der Waals surface area (Å²) in [5.41, 5.74) is 2.91. The average molecular weight is 284 g/mol. The molecule has 1 aromatic rings. The fourth-order valence-corrected chi connectivity index (χ4v) is 2.43. The second-order valence-corrected chi connectivity index (χ2v) is 5.25. The van der Waals surface area contributed by atoms with Crippen molar-refractivity contribution in [3.8, 4) is 0 Å². The average Bonchev–Trinajstić information content (AvgIpc) is 2.86. The summed E-state index contributed by atoms with van der Waals surface area (Å²) in [6, 6.07) is 3.58. The number of likely N-dealkylation sites (tertiary alicyclic amines) is 1. The number of hydrogen-bond acceptors (Lipinski definition) is 5. The Morgan fingerprint density at radius 3 is 2.89 bits per heavy atom. The molecular formula is C12H18ClN5O. The Bertz CT molecular complexity index is 479. The van der Waals surface area contributed by atoms with E-state index in [-0.39, 0.29) is 11.1 Å². The number of pyridine rings is 1. The van der Waals surface area contributed by atoms with Crippen LogP contribution in [0.2, 0.25) is 5.15 Å². The van der Waals surface area contributed by atoms with Gasteiger partial charge in [0.25, 0.3) is 5.91 Å². The molecule has 104 valence electrons. The zero-order valence-corrected chi connectivity index (χ0v) is 11.8. The molecule has 0 saturated carbocycles. The maximum absolute atomic E-state index is 12.4. The zero-order valence-electron chi connectivity index (χ0n) is 11.1. The highest BCUT2D eigenvalue weighted by molar-refractivity contribution is 6.29.